The minimum atomic E-state index is -2.89. The monoisotopic (exact) mass is 264 g/mol. The fourth-order valence-corrected chi connectivity index (χ4v) is 1.33. The predicted octanol–water partition coefficient (Wildman–Crippen LogP) is 2.88. The number of benzene rings is 1. The van der Waals surface area contributed by atoms with Crippen LogP contribution in [0.4, 0.5) is 8.78 Å². The first-order chi connectivity index (χ1) is 6.52. The summed E-state index contributed by atoms with van der Waals surface area (Å²) in [6, 6.07) is 5.81. The highest BCUT2D eigenvalue weighted by atomic mass is 79.9. The van der Waals surface area contributed by atoms with E-state index in [-0.39, 0.29) is 5.56 Å². The van der Waals surface area contributed by atoms with Gasteiger partial charge in [-0.05, 0) is 17.7 Å². The second kappa shape index (κ2) is 4.50. The second-order valence-corrected chi connectivity index (χ2v) is 3.62. The van der Waals surface area contributed by atoms with Gasteiger partial charge in [-0.2, -0.15) is 0 Å². The largest absolute Gasteiger partial charge is 0.481 e. The summed E-state index contributed by atoms with van der Waals surface area (Å²) in [4.78, 5) is 10.5. The number of hydrogen-bond donors (Lipinski definition) is 1. The number of aliphatic carboxylic acids is 1. The Kier molecular flexibility index (Phi) is 3.57. The summed E-state index contributed by atoms with van der Waals surface area (Å²) in [5.74, 6) is -3.26. The lowest BCUT2D eigenvalue weighted by molar-refractivity contribution is -0.142. The SMILES string of the molecule is O=C(O)C(c1ccc(Br)cc1)C(F)F. The van der Waals surface area contributed by atoms with E-state index in [1.54, 1.807) is 0 Å². The maximum atomic E-state index is 12.3. The zero-order valence-electron chi connectivity index (χ0n) is 6.95. The Bertz CT molecular complexity index is 324. The minimum absolute atomic E-state index is 0.107. The molecule has 0 radical (unpaired) electrons. The van der Waals surface area contributed by atoms with Crippen LogP contribution in [-0.4, -0.2) is 17.5 Å². The van der Waals surface area contributed by atoms with Gasteiger partial charge in [0.2, 0.25) is 0 Å². The summed E-state index contributed by atoms with van der Waals surface area (Å²) in [5, 5.41) is 8.57. The lowest BCUT2D eigenvalue weighted by atomic mass is 10.0. The molecule has 0 fully saturated rings. The Morgan fingerprint density at radius 1 is 1.29 bits per heavy atom. The molecular formula is C9H7BrF2O2. The molecule has 0 aliphatic heterocycles. The molecule has 0 saturated carbocycles. The summed E-state index contributed by atoms with van der Waals surface area (Å²) < 4.78 is 25.4. The van der Waals surface area contributed by atoms with Crippen molar-refractivity contribution in [3.05, 3.63) is 34.3 Å². The molecule has 0 aromatic heterocycles. The van der Waals surface area contributed by atoms with Gasteiger partial charge in [-0.25, -0.2) is 8.78 Å². The van der Waals surface area contributed by atoms with E-state index in [2.05, 4.69) is 15.9 Å². The van der Waals surface area contributed by atoms with Crippen LogP contribution < -0.4 is 0 Å². The van der Waals surface area contributed by atoms with Crippen molar-refractivity contribution in [2.75, 3.05) is 0 Å². The van der Waals surface area contributed by atoms with Gasteiger partial charge < -0.3 is 5.11 Å². The van der Waals surface area contributed by atoms with Crippen molar-refractivity contribution in [1.82, 2.24) is 0 Å². The van der Waals surface area contributed by atoms with Gasteiger partial charge in [-0.3, -0.25) is 4.79 Å². The third-order valence-corrected chi connectivity index (χ3v) is 2.28. The lowest BCUT2D eigenvalue weighted by Crippen LogP contribution is -2.19. The first kappa shape index (κ1) is 11.1. The summed E-state index contributed by atoms with van der Waals surface area (Å²) in [7, 11) is 0. The number of carboxylic acids is 1. The third-order valence-electron chi connectivity index (χ3n) is 1.75. The average Bonchev–Trinajstić information content (AvgIpc) is 2.07. The van der Waals surface area contributed by atoms with E-state index in [0.717, 1.165) is 4.47 Å². The van der Waals surface area contributed by atoms with Gasteiger partial charge in [-0.1, -0.05) is 28.1 Å². The van der Waals surface area contributed by atoms with Crippen LogP contribution >= 0.6 is 15.9 Å². The molecule has 0 spiro atoms. The molecule has 1 unspecified atom stereocenters. The Labute approximate surface area is 87.7 Å². The van der Waals surface area contributed by atoms with Crippen LogP contribution in [0.1, 0.15) is 11.5 Å². The molecule has 1 aromatic rings. The van der Waals surface area contributed by atoms with Gasteiger partial charge in [-0.15, -0.1) is 0 Å². The number of hydrogen-bond acceptors (Lipinski definition) is 1. The Balaban J connectivity index is 3.00. The zero-order valence-corrected chi connectivity index (χ0v) is 8.54. The molecule has 1 N–H and O–H groups in total. The van der Waals surface area contributed by atoms with Gasteiger partial charge >= 0.3 is 5.97 Å². The molecule has 1 atom stereocenters. The number of carbonyl (C=O) groups is 1. The van der Waals surface area contributed by atoms with E-state index in [4.69, 9.17) is 5.11 Å². The van der Waals surface area contributed by atoms with Gasteiger partial charge in [0.25, 0.3) is 6.43 Å². The molecule has 2 nitrogen and oxygen atoms in total. The van der Waals surface area contributed by atoms with Crippen molar-refractivity contribution in [1.29, 1.82) is 0 Å². The van der Waals surface area contributed by atoms with Crippen LogP contribution in [-0.2, 0) is 4.79 Å². The number of alkyl halides is 2. The van der Waals surface area contributed by atoms with E-state index in [1.165, 1.54) is 24.3 Å². The van der Waals surface area contributed by atoms with Crippen LogP contribution in [0.25, 0.3) is 0 Å². The van der Waals surface area contributed by atoms with Crippen molar-refractivity contribution >= 4 is 21.9 Å². The highest BCUT2D eigenvalue weighted by molar-refractivity contribution is 9.10. The van der Waals surface area contributed by atoms with E-state index in [9.17, 15) is 13.6 Å². The maximum Gasteiger partial charge on any atom is 0.316 e. The second-order valence-electron chi connectivity index (χ2n) is 2.70. The fraction of sp³-hybridized carbons (Fsp3) is 0.222. The van der Waals surface area contributed by atoms with Gasteiger partial charge in [0.15, 0.2) is 0 Å². The van der Waals surface area contributed by atoms with Crippen LogP contribution in [0.2, 0.25) is 0 Å². The van der Waals surface area contributed by atoms with Crippen LogP contribution in [0.15, 0.2) is 28.7 Å². The smallest absolute Gasteiger partial charge is 0.316 e. The normalized spacial score (nSPS) is 12.9. The lowest BCUT2D eigenvalue weighted by Gasteiger charge is -2.11. The highest BCUT2D eigenvalue weighted by Crippen LogP contribution is 2.24. The van der Waals surface area contributed by atoms with Crippen LogP contribution in [0.3, 0.4) is 0 Å². The van der Waals surface area contributed by atoms with Gasteiger partial charge in [0.05, 0.1) is 0 Å². The average molecular weight is 265 g/mol. The summed E-state index contributed by atoms with van der Waals surface area (Å²) in [5.41, 5.74) is 0.107. The fourth-order valence-electron chi connectivity index (χ4n) is 1.07. The Morgan fingerprint density at radius 2 is 1.79 bits per heavy atom. The van der Waals surface area contributed by atoms with E-state index < -0.39 is 18.3 Å². The topological polar surface area (TPSA) is 37.3 Å². The first-order valence-electron chi connectivity index (χ1n) is 3.79. The standard InChI is InChI=1S/C9H7BrF2O2/c10-6-3-1-5(2-4-6)7(8(11)12)9(13)14/h1-4,7-8H,(H,13,14). The molecule has 1 aromatic carbocycles. The number of carboxylic acid groups (broad SMARTS) is 1. The quantitative estimate of drug-likeness (QED) is 0.912. The zero-order chi connectivity index (χ0) is 10.7. The molecule has 0 saturated heterocycles. The molecule has 76 valence electrons. The molecule has 1 rings (SSSR count). The third kappa shape index (κ3) is 2.51. The van der Waals surface area contributed by atoms with E-state index >= 15 is 0 Å². The van der Waals surface area contributed by atoms with Crippen molar-refractivity contribution in [2.24, 2.45) is 0 Å². The van der Waals surface area contributed by atoms with Crippen LogP contribution in [0, 0.1) is 0 Å². The Hall–Kier alpha value is -0.970. The van der Waals surface area contributed by atoms with E-state index in [0.29, 0.717) is 0 Å². The summed E-state index contributed by atoms with van der Waals surface area (Å²) >= 11 is 3.13. The molecular weight excluding hydrogens is 258 g/mol. The molecule has 14 heavy (non-hydrogen) atoms. The van der Waals surface area contributed by atoms with Gasteiger partial charge in [0.1, 0.15) is 5.92 Å². The minimum Gasteiger partial charge on any atom is -0.481 e. The number of rotatable bonds is 3. The highest BCUT2D eigenvalue weighted by Gasteiger charge is 2.29. The molecule has 5 heteroatoms. The van der Waals surface area contributed by atoms with Crippen LogP contribution in [0.5, 0.6) is 0 Å². The summed E-state index contributed by atoms with van der Waals surface area (Å²) in [6.45, 7) is 0. The summed E-state index contributed by atoms with van der Waals surface area (Å²) in [6.07, 6.45) is -2.89. The predicted molar refractivity (Wildman–Crippen MR) is 50.5 cm³/mol. The molecule has 0 aliphatic carbocycles. The van der Waals surface area contributed by atoms with Crippen molar-refractivity contribution in [3.8, 4) is 0 Å². The molecule has 0 amide bonds. The number of halogens is 3. The van der Waals surface area contributed by atoms with Crippen molar-refractivity contribution < 1.29 is 18.7 Å². The maximum absolute atomic E-state index is 12.3. The Morgan fingerprint density at radius 3 is 2.14 bits per heavy atom. The van der Waals surface area contributed by atoms with Crippen molar-refractivity contribution in [3.63, 3.8) is 0 Å². The van der Waals surface area contributed by atoms with Crippen molar-refractivity contribution in [2.45, 2.75) is 12.3 Å². The molecule has 0 heterocycles. The molecule has 0 aliphatic rings. The van der Waals surface area contributed by atoms with Gasteiger partial charge in [0, 0.05) is 4.47 Å². The first-order valence-corrected chi connectivity index (χ1v) is 4.58. The molecule has 0 bridgehead atoms. The van der Waals surface area contributed by atoms with E-state index in [1.807, 2.05) is 0 Å².